The number of ether oxygens (including phenoxy) is 1. The largest absolute Gasteiger partial charge is 0.466 e. The van der Waals surface area contributed by atoms with Crippen molar-refractivity contribution in [1.29, 1.82) is 0 Å². The first-order chi connectivity index (χ1) is 8.23. The number of likely N-dealkylation sites (N-methyl/N-ethyl adjacent to an activating group) is 1. The molecule has 1 aromatic rings. The minimum Gasteiger partial charge on any atom is -0.466 e. The second-order valence-electron chi connectivity index (χ2n) is 4.60. The lowest BCUT2D eigenvalue weighted by atomic mass is 9.90. The number of halogens is 1. The Morgan fingerprint density at radius 1 is 1.53 bits per heavy atom. The SMILES string of the molecule is CCNC(c1occc1Br)C1(OC)CCCC1. The van der Waals surface area contributed by atoms with E-state index in [1.165, 1.54) is 12.8 Å². The van der Waals surface area contributed by atoms with E-state index >= 15 is 0 Å². The van der Waals surface area contributed by atoms with Crippen molar-refractivity contribution in [2.45, 2.75) is 44.2 Å². The minimum atomic E-state index is -0.115. The molecule has 1 saturated carbocycles. The average Bonchev–Trinajstić information content (AvgIpc) is 2.96. The van der Waals surface area contributed by atoms with E-state index in [-0.39, 0.29) is 11.6 Å². The molecule has 1 aliphatic carbocycles. The highest BCUT2D eigenvalue weighted by Crippen LogP contribution is 2.44. The zero-order valence-electron chi connectivity index (χ0n) is 10.5. The summed E-state index contributed by atoms with van der Waals surface area (Å²) >= 11 is 3.55. The first-order valence-electron chi connectivity index (χ1n) is 6.25. The number of furan rings is 1. The lowest BCUT2D eigenvalue weighted by molar-refractivity contribution is -0.0419. The highest BCUT2D eigenvalue weighted by atomic mass is 79.9. The van der Waals surface area contributed by atoms with Crippen molar-refractivity contribution in [1.82, 2.24) is 5.32 Å². The van der Waals surface area contributed by atoms with Crippen LogP contribution in [0.1, 0.15) is 44.4 Å². The van der Waals surface area contributed by atoms with Crippen molar-refractivity contribution < 1.29 is 9.15 Å². The molecule has 0 amide bonds. The number of hydrogen-bond donors (Lipinski definition) is 1. The van der Waals surface area contributed by atoms with E-state index in [0.29, 0.717) is 0 Å². The number of methoxy groups -OCH3 is 1. The average molecular weight is 302 g/mol. The van der Waals surface area contributed by atoms with E-state index in [9.17, 15) is 0 Å². The van der Waals surface area contributed by atoms with Crippen LogP contribution in [0.2, 0.25) is 0 Å². The van der Waals surface area contributed by atoms with Crippen LogP contribution in [0.25, 0.3) is 0 Å². The van der Waals surface area contributed by atoms with Crippen molar-refractivity contribution in [2.75, 3.05) is 13.7 Å². The summed E-state index contributed by atoms with van der Waals surface area (Å²) in [6.07, 6.45) is 6.37. The predicted molar refractivity (Wildman–Crippen MR) is 71.0 cm³/mol. The van der Waals surface area contributed by atoms with Crippen LogP contribution in [0, 0.1) is 0 Å². The van der Waals surface area contributed by atoms with Crippen LogP contribution in [0.3, 0.4) is 0 Å². The van der Waals surface area contributed by atoms with Gasteiger partial charge in [0.25, 0.3) is 0 Å². The highest BCUT2D eigenvalue weighted by Gasteiger charge is 2.44. The van der Waals surface area contributed by atoms with Crippen molar-refractivity contribution in [2.24, 2.45) is 0 Å². The summed E-state index contributed by atoms with van der Waals surface area (Å²) < 4.78 is 12.5. The molecule has 1 aromatic heterocycles. The Hall–Kier alpha value is -0.320. The highest BCUT2D eigenvalue weighted by molar-refractivity contribution is 9.10. The van der Waals surface area contributed by atoms with Crippen LogP contribution >= 0.6 is 15.9 Å². The Morgan fingerprint density at radius 3 is 2.71 bits per heavy atom. The van der Waals surface area contributed by atoms with Gasteiger partial charge >= 0.3 is 0 Å². The number of nitrogens with one attached hydrogen (secondary N) is 1. The molecule has 0 spiro atoms. The van der Waals surface area contributed by atoms with Gasteiger partial charge in [-0.3, -0.25) is 0 Å². The molecule has 1 aliphatic rings. The van der Waals surface area contributed by atoms with Crippen molar-refractivity contribution >= 4 is 15.9 Å². The smallest absolute Gasteiger partial charge is 0.137 e. The van der Waals surface area contributed by atoms with Crippen LogP contribution in [0.4, 0.5) is 0 Å². The second kappa shape index (κ2) is 5.55. The molecule has 1 atom stereocenters. The van der Waals surface area contributed by atoms with Gasteiger partial charge in [-0.15, -0.1) is 0 Å². The fraction of sp³-hybridized carbons (Fsp3) is 0.692. The van der Waals surface area contributed by atoms with Gasteiger partial charge < -0.3 is 14.5 Å². The van der Waals surface area contributed by atoms with Crippen LogP contribution < -0.4 is 5.32 Å². The summed E-state index contributed by atoms with van der Waals surface area (Å²) in [6.45, 7) is 3.02. The fourth-order valence-corrected chi connectivity index (χ4v) is 3.25. The standard InChI is InChI=1S/C13H20BrNO2/c1-3-15-12(11-10(14)6-9-17-11)13(16-2)7-4-5-8-13/h6,9,12,15H,3-5,7-8H2,1-2H3. The molecule has 96 valence electrons. The first kappa shape index (κ1) is 13.1. The van der Waals surface area contributed by atoms with E-state index in [1.807, 2.05) is 13.2 Å². The Bertz CT molecular complexity index is 358. The van der Waals surface area contributed by atoms with Gasteiger partial charge in [-0.25, -0.2) is 0 Å². The Kier molecular flexibility index (Phi) is 4.28. The van der Waals surface area contributed by atoms with Crippen molar-refractivity contribution in [3.05, 3.63) is 22.6 Å². The maximum Gasteiger partial charge on any atom is 0.137 e. The van der Waals surface area contributed by atoms with Crippen LogP contribution in [0.15, 0.2) is 21.2 Å². The summed E-state index contributed by atoms with van der Waals surface area (Å²) in [6, 6.07) is 2.07. The van der Waals surface area contributed by atoms with E-state index < -0.39 is 0 Å². The van der Waals surface area contributed by atoms with Gasteiger partial charge in [-0.2, -0.15) is 0 Å². The molecule has 1 fully saturated rings. The first-order valence-corrected chi connectivity index (χ1v) is 7.04. The summed E-state index contributed by atoms with van der Waals surface area (Å²) in [5, 5.41) is 3.51. The van der Waals surface area contributed by atoms with Gasteiger partial charge in [-0.05, 0) is 41.4 Å². The van der Waals surface area contributed by atoms with Gasteiger partial charge in [-0.1, -0.05) is 19.8 Å². The number of hydrogen-bond acceptors (Lipinski definition) is 3. The third-order valence-corrected chi connectivity index (χ3v) is 4.35. The summed E-state index contributed by atoms with van der Waals surface area (Å²) in [7, 11) is 1.81. The van der Waals surface area contributed by atoms with Gasteiger partial charge in [0, 0.05) is 7.11 Å². The number of rotatable bonds is 5. The van der Waals surface area contributed by atoms with Crippen LogP contribution in [-0.4, -0.2) is 19.3 Å². The molecule has 0 aromatic carbocycles. The zero-order chi connectivity index (χ0) is 12.3. The third-order valence-electron chi connectivity index (χ3n) is 3.70. The fourth-order valence-electron chi connectivity index (χ4n) is 2.82. The van der Waals surface area contributed by atoms with E-state index in [0.717, 1.165) is 29.6 Å². The lowest BCUT2D eigenvalue weighted by Crippen LogP contribution is -2.43. The quantitative estimate of drug-likeness (QED) is 0.901. The summed E-state index contributed by atoms with van der Waals surface area (Å²) in [5.41, 5.74) is -0.115. The van der Waals surface area contributed by atoms with Gasteiger partial charge in [0.05, 0.1) is 22.4 Å². The molecule has 17 heavy (non-hydrogen) atoms. The van der Waals surface area contributed by atoms with Gasteiger partial charge in [0.1, 0.15) is 5.76 Å². The van der Waals surface area contributed by atoms with Crippen molar-refractivity contribution in [3.8, 4) is 0 Å². The Morgan fingerprint density at radius 2 is 2.24 bits per heavy atom. The molecular formula is C13H20BrNO2. The van der Waals surface area contributed by atoms with Crippen LogP contribution in [0.5, 0.6) is 0 Å². The van der Waals surface area contributed by atoms with E-state index in [2.05, 4.69) is 28.2 Å². The van der Waals surface area contributed by atoms with Crippen molar-refractivity contribution in [3.63, 3.8) is 0 Å². The maximum absolute atomic E-state index is 5.85. The molecule has 0 saturated heterocycles. The monoisotopic (exact) mass is 301 g/mol. The van der Waals surface area contributed by atoms with Gasteiger partial charge in [0.2, 0.25) is 0 Å². The normalized spacial score (nSPS) is 20.6. The Balaban J connectivity index is 2.31. The lowest BCUT2D eigenvalue weighted by Gasteiger charge is -2.35. The summed E-state index contributed by atoms with van der Waals surface area (Å²) in [5.74, 6) is 0.954. The molecule has 1 heterocycles. The molecular weight excluding hydrogens is 282 g/mol. The second-order valence-corrected chi connectivity index (χ2v) is 5.45. The molecule has 0 bridgehead atoms. The molecule has 4 heteroatoms. The topological polar surface area (TPSA) is 34.4 Å². The van der Waals surface area contributed by atoms with Crippen LogP contribution in [-0.2, 0) is 4.74 Å². The molecule has 0 aliphatic heterocycles. The Labute approximate surface area is 111 Å². The molecule has 1 N–H and O–H groups in total. The third kappa shape index (κ3) is 2.44. The zero-order valence-corrected chi connectivity index (χ0v) is 12.0. The minimum absolute atomic E-state index is 0.115. The summed E-state index contributed by atoms with van der Waals surface area (Å²) in [4.78, 5) is 0. The van der Waals surface area contributed by atoms with Gasteiger partial charge in [0.15, 0.2) is 0 Å². The van der Waals surface area contributed by atoms with E-state index in [4.69, 9.17) is 9.15 Å². The molecule has 1 unspecified atom stereocenters. The molecule has 0 radical (unpaired) electrons. The predicted octanol–water partition coefficient (Wildman–Crippen LogP) is 3.65. The molecule has 2 rings (SSSR count). The van der Waals surface area contributed by atoms with E-state index in [1.54, 1.807) is 6.26 Å². The molecule has 3 nitrogen and oxygen atoms in total. The maximum atomic E-state index is 5.85.